The SMILES string of the molecule is Cc1ccc(CNc2ccc3c(c2)B(O)OC3)cc1. The summed E-state index contributed by atoms with van der Waals surface area (Å²) in [6.45, 7) is 3.35. The second-order valence-electron chi connectivity index (χ2n) is 4.92. The molecular weight excluding hydrogens is 237 g/mol. The molecule has 3 nitrogen and oxygen atoms in total. The highest BCUT2D eigenvalue weighted by molar-refractivity contribution is 6.61. The van der Waals surface area contributed by atoms with Crippen molar-refractivity contribution in [2.45, 2.75) is 20.1 Å². The maximum absolute atomic E-state index is 9.67. The molecule has 0 unspecified atom stereocenters. The summed E-state index contributed by atoms with van der Waals surface area (Å²) in [6, 6.07) is 14.4. The Labute approximate surface area is 113 Å². The van der Waals surface area contributed by atoms with Crippen LogP contribution in [0.1, 0.15) is 16.7 Å². The van der Waals surface area contributed by atoms with Crippen LogP contribution >= 0.6 is 0 Å². The van der Waals surface area contributed by atoms with Crippen LogP contribution in [0.25, 0.3) is 0 Å². The second kappa shape index (κ2) is 5.07. The Morgan fingerprint density at radius 2 is 2.00 bits per heavy atom. The molecule has 0 aliphatic carbocycles. The Morgan fingerprint density at radius 1 is 1.21 bits per heavy atom. The van der Waals surface area contributed by atoms with Crippen LogP contribution in [0.15, 0.2) is 42.5 Å². The average Bonchev–Trinajstić information content (AvgIpc) is 2.80. The molecule has 0 fully saturated rings. The normalized spacial score (nSPS) is 13.5. The Bertz CT molecular complexity index is 583. The summed E-state index contributed by atoms with van der Waals surface area (Å²) in [5.74, 6) is 0. The number of hydrogen-bond donors (Lipinski definition) is 2. The third-order valence-corrected chi connectivity index (χ3v) is 3.43. The molecule has 2 aromatic carbocycles. The molecule has 0 saturated carbocycles. The van der Waals surface area contributed by atoms with Gasteiger partial charge >= 0.3 is 7.12 Å². The van der Waals surface area contributed by atoms with Gasteiger partial charge in [0, 0.05) is 12.2 Å². The van der Waals surface area contributed by atoms with E-state index in [1.165, 1.54) is 11.1 Å². The van der Waals surface area contributed by atoms with Crippen molar-refractivity contribution in [2.24, 2.45) is 0 Å². The highest BCUT2D eigenvalue weighted by Gasteiger charge is 2.27. The molecule has 0 spiro atoms. The summed E-state index contributed by atoms with van der Waals surface area (Å²) in [4.78, 5) is 0. The fraction of sp³-hybridized carbons (Fsp3) is 0.200. The van der Waals surface area contributed by atoms with Gasteiger partial charge in [0.05, 0.1) is 6.61 Å². The molecule has 0 radical (unpaired) electrons. The first kappa shape index (κ1) is 12.3. The van der Waals surface area contributed by atoms with Gasteiger partial charge in [-0.3, -0.25) is 0 Å². The van der Waals surface area contributed by atoms with Crippen LogP contribution in [0, 0.1) is 6.92 Å². The molecule has 96 valence electrons. The Hall–Kier alpha value is -1.78. The molecule has 3 rings (SSSR count). The summed E-state index contributed by atoms with van der Waals surface area (Å²) in [7, 11) is -0.781. The van der Waals surface area contributed by atoms with Gasteiger partial charge in [-0.2, -0.15) is 0 Å². The molecule has 1 heterocycles. The van der Waals surface area contributed by atoms with E-state index in [2.05, 4.69) is 36.5 Å². The molecular formula is C15H16BNO2. The summed E-state index contributed by atoms with van der Waals surface area (Å²) in [6.07, 6.45) is 0. The number of anilines is 1. The zero-order valence-electron chi connectivity index (χ0n) is 10.9. The summed E-state index contributed by atoms with van der Waals surface area (Å²) in [5, 5.41) is 13.0. The van der Waals surface area contributed by atoms with E-state index in [1.54, 1.807) is 0 Å². The van der Waals surface area contributed by atoms with Crippen molar-refractivity contribution in [1.29, 1.82) is 0 Å². The standard InChI is InChI=1S/C15H16BNO2/c1-11-2-4-12(5-3-11)9-17-14-7-6-13-10-19-16(18)15(13)8-14/h2-8,17-18H,9-10H2,1H3. The van der Waals surface area contributed by atoms with E-state index in [0.29, 0.717) is 6.61 Å². The summed E-state index contributed by atoms with van der Waals surface area (Å²) >= 11 is 0. The van der Waals surface area contributed by atoms with Crippen LogP contribution in [-0.4, -0.2) is 12.1 Å². The number of rotatable bonds is 3. The number of nitrogens with one attached hydrogen (secondary N) is 1. The summed E-state index contributed by atoms with van der Waals surface area (Å²) in [5.41, 5.74) is 5.44. The lowest BCUT2D eigenvalue weighted by Crippen LogP contribution is -2.28. The highest BCUT2D eigenvalue weighted by Crippen LogP contribution is 2.15. The fourth-order valence-electron chi connectivity index (χ4n) is 2.23. The van der Waals surface area contributed by atoms with Gasteiger partial charge in [-0.25, -0.2) is 0 Å². The smallest absolute Gasteiger partial charge is 0.423 e. The zero-order chi connectivity index (χ0) is 13.2. The number of fused-ring (bicyclic) bond motifs is 1. The van der Waals surface area contributed by atoms with E-state index < -0.39 is 7.12 Å². The van der Waals surface area contributed by atoms with Crippen LogP contribution in [0.5, 0.6) is 0 Å². The minimum atomic E-state index is -0.781. The average molecular weight is 253 g/mol. The van der Waals surface area contributed by atoms with Gasteiger partial charge in [0.15, 0.2) is 0 Å². The van der Waals surface area contributed by atoms with E-state index in [9.17, 15) is 5.02 Å². The van der Waals surface area contributed by atoms with Crippen molar-refractivity contribution in [3.63, 3.8) is 0 Å². The largest absolute Gasteiger partial charge is 0.491 e. The first-order valence-electron chi connectivity index (χ1n) is 6.44. The first-order chi connectivity index (χ1) is 9.22. The van der Waals surface area contributed by atoms with Crippen LogP contribution in [-0.2, 0) is 17.8 Å². The van der Waals surface area contributed by atoms with Crippen molar-refractivity contribution in [3.8, 4) is 0 Å². The predicted molar refractivity (Wildman–Crippen MR) is 77.3 cm³/mol. The highest BCUT2D eigenvalue weighted by atomic mass is 16.5. The molecule has 0 saturated heterocycles. The van der Waals surface area contributed by atoms with Gasteiger partial charge < -0.3 is 15.0 Å². The lowest BCUT2D eigenvalue weighted by atomic mass is 9.79. The van der Waals surface area contributed by atoms with E-state index in [0.717, 1.165) is 23.3 Å². The van der Waals surface area contributed by atoms with Crippen LogP contribution in [0.3, 0.4) is 0 Å². The van der Waals surface area contributed by atoms with Gasteiger partial charge in [0.2, 0.25) is 0 Å². The lowest BCUT2D eigenvalue weighted by molar-refractivity contribution is 0.275. The van der Waals surface area contributed by atoms with Gasteiger partial charge in [0.1, 0.15) is 0 Å². The minimum Gasteiger partial charge on any atom is -0.423 e. The maximum atomic E-state index is 9.67. The minimum absolute atomic E-state index is 0.495. The molecule has 1 aliphatic heterocycles. The molecule has 4 heteroatoms. The van der Waals surface area contributed by atoms with Crippen LogP contribution in [0.4, 0.5) is 5.69 Å². The van der Waals surface area contributed by atoms with Gasteiger partial charge in [-0.15, -0.1) is 0 Å². The van der Waals surface area contributed by atoms with Gasteiger partial charge in [0.25, 0.3) is 0 Å². The number of hydrogen-bond acceptors (Lipinski definition) is 3. The van der Waals surface area contributed by atoms with Crippen molar-refractivity contribution < 1.29 is 9.68 Å². The molecule has 1 aliphatic rings. The second-order valence-corrected chi connectivity index (χ2v) is 4.92. The maximum Gasteiger partial charge on any atom is 0.491 e. The molecule has 0 amide bonds. The van der Waals surface area contributed by atoms with E-state index in [4.69, 9.17) is 4.65 Å². The van der Waals surface area contributed by atoms with Crippen molar-refractivity contribution in [2.75, 3.05) is 5.32 Å². The van der Waals surface area contributed by atoms with Gasteiger partial charge in [-0.05, 0) is 35.6 Å². The first-order valence-corrected chi connectivity index (χ1v) is 6.44. The number of aryl methyl sites for hydroxylation is 1. The Balaban J connectivity index is 1.70. The Morgan fingerprint density at radius 3 is 2.79 bits per heavy atom. The molecule has 0 atom stereocenters. The topological polar surface area (TPSA) is 41.5 Å². The third-order valence-electron chi connectivity index (χ3n) is 3.43. The fourth-order valence-corrected chi connectivity index (χ4v) is 2.23. The Kier molecular flexibility index (Phi) is 3.28. The van der Waals surface area contributed by atoms with E-state index in [-0.39, 0.29) is 0 Å². The van der Waals surface area contributed by atoms with E-state index >= 15 is 0 Å². The van der Waals surface area contributed by atoms with E-state index in [1.807, 2.05) is 18.2 Å². The monoisotopic (exact) mass is 253 g/mol. The third kappa shape index (κ3) is 2.65. The quantitative estimate of drug-likeness (QED) is 0.820. The van der Waals surface area contributed by atoms with Gasteiger partial charge in [-0.1, -0.05) is 35.9 Å². The molecule has 0 bridgehead atoms. The molecule has 2 aromatic rings. The predicted octanol–water partition coefficient (Wildman–Crippen LogP) is 1.82. The van der Waals surface area contributed by atoms with Crippen LogP contribution < -0.4 is 10.8 Å². The van der Waals surface area contributed by atoms with Crippen molar-refractivity contribution >= 4 is 18.3 Å². The zero-order valence-corrected chi connectivity index (χ0v) is 10.9. The van der Waals surface area contributed by atoms with Crippen LogP contribution in [0.2, 0.25) is 0 Å². The molecule has 2 N–H and O–H groups in total. The molecule has 0 aromatic heterocycles. The van der Waals surface area contributed by atoms with Crippen molar-refractivity contribution in [3.05, 3.63) is 59.2 Å². The summed E-state index contributed by atoms with van der Waals surface area (Å²) < 4.78 is 5.18. The number of benzene rings is 2. The van der Waals surface area contributed by atoms with Crippen molar-refractivity contribution in [1.82, 2.24) is 0 Å². The lowest BCUT2D eigenvalue weighted by Gasteiger charge is -2.08. The molecule has 19 heavy (non-hydrogen) atoms.